The fraction of sp³-hybridized carbons (Fsp3) is 0. The first kappa shape index (κ1) is 22.8. The van der Waals surface area contributed by atoms with Crippen molar-refractivity contribution in [2.24, 2.45) is 0 Å². The summed E-state index contributed by atoms with van der Waals surface area (Å²) in [5, 5.41) is 43.3. The number of fused-ring (bicyclic) bond motifs is 7. The van der Waals surface area contributed by atoms with Crippen LogP contribution in [-0.4, -0.2) is 9.13 Å². The van der Waals surface area contributed by atoms with Gasteiger partial charge < -0.3 is 9.13 Å². The van der Waals surface area contributed by atoms with Crippen LogP contribution in [0.5, 0.6) is 0 Å². The van der Waals surface area contributed by atoms with Crippen molar-refractivity contribution in [3.63, 3.8) is 0 Å². The number of rotatable bonds is 2. The SMILES string of the molecule is N#Cc1cc(C#N)cc(-n2c3ccccc3c3c4c5ccccc5n(-c5c(C#N)cccc5C#N)c4ccc32)c1. The van der Waals surface area contributed by atoms with E-state index in [2.05, 4.69) is 41.0 Å². The molecule has 7 aromatic rings. The van der Waals surface area contributed by atoms with Crippen molar-refractivity contribution in [1.82, 2.24) is 9.13 Å². The molecule has 7 rings (SSSR count). The highest BCUT2D eigenvalue weighted by atomic mass is 15.0. The van der Waals surface area contributed by atoms with Crippen molar-refractivity contribution in [2.45, 2.75) is 0 Å². The molecule has 0 radical (unpaired) electrons. The average molecular weight is 509 g/mol. The largest absolute Gasteiger partial charge is 0.309 e. The molecule has 6 nitrogen and oxygen atoms in total. The Labute approximate surface area is 228 Å². The van der Waals surface area contributed by atoms with Crippen LogP contribution < -0.4 is 0 Å². The van der Waals surface area contributed by atoms with E-state index in [1.165, 1.54) is 0 Å². The van der Waals surface area contributed by atoms with E-state index >= 15 is 0 Å². The summed E-state index contributed by atoms with van der Waals surface area (Å²) in [7, 11) is 0. The quantitative estimate of drug-likeness (QED) is 0.243. The summed E-state index contributed by atoms with van der Waals surface area (Å²) in [5.41, 5.74) is 6.57. The van der Waals surface area contributed by atoms with Crippen molar-refractivity contribution in [2.75, 3.05) is 0 Å². The molecule has 0 aliphatic rings. The molecule has 40 heavy (non-hydrogen) atoms. The van der Waals surface area contributed by atoms with Crippen molar-refractivity contribution < 1.29 is 0 Å². The summed E-state index contributed by atoms with van der Waals surface area (Å²) in [6, 6.07) is 39.4. The van der Waals surface area contributed by atoms with Gasteiger partial charge in [0.05, 0.1) is 62.1 Å². The zero-order chi connectivity index (χ0) is 27.4. The van der Waals surface area contributed by atoms with Crippen molar-refractivity contribution in [3.8, 4) is 35.7 Å². The summed E-state index contributed by atoms with van der Waals surface area (Å²) in [5.74, 6) is 0. The summed E-state index contributed by atoms with van der Waals surface area (Å²) in [4.78, 5) is 0. The van der Waals surface area contributed by atoms with Crippen LogP contribution in [-0.2, 0) is 0 Å². The highest BCUT2D eigenvalue weighted by Crippen LogP contribution is 2.43. The molecule has 0 fully saturated rings. The first-order chi connectivity index (χ1) is 19.7. The topological polar surface area (TPSA) is 105 Å². The van der Waals surface area contributed by atoms with Crippen LogP contribution in [0.1, 0.15) is 22.3 Å². The number of hydrogen-bond acceptors (Lipinski definition) is 4. The summed E-state index contributed by atoms with van der Waals surface area (Å²) < 4.78 is 4.10. The van der Waals surface area contributed by atoms with Gasteiger partial charge in [0.2, 0.25) is 0 Å². The minimum atomic E-state index is 0.412. The lowest BCUT2D eigenvalue weighted by Crippen LogP contribution is -2.01. The van der Waals surface area contributed by atoms with E-state index in [-0.39, 0.29) is 0 Å². The molecule has 0 N–H and O–H groups in total. The third kappa shape index (κ3) is 3.06. The maximum Gasteiger partial charge on any atom is 0.101 e. The van der Waals surface area contributed by atoms with E-state index in [0.717, 1.165) is 49.3 Å². The van der Waals surface area contributed by atoms with Gasteiger partial charge in [0.15, 0.2) is 0 Å². The minimum absolute atomic E-state index is 0.412. The van der Waals surface area contributed by atoms with Gasteiger partial charge in [0.1, 0.15) is 12.1 Å². The highest BCUT2D eigenvalue weighted by Gasteiger charge is 2.22. The number of aromatic nitrogens is 2. The zero-order valence-corrected chi connectivity index (χ0v) is 20.9. The van der Waals surface area contributed by atoms with E-state index in [1.807, 2.05) is 53.1 Å². The second kappa shape index (κ2) is 8.61. The van der Waals surface area contributed by atoms with E-state index < -0.39 is 0 Å². The van der Waals surface area contributed by atoms with Crippen LogP contribution in [0.2, 0.25) is 0 Å². The molecule has 0 amide bonds. The first-order valence-electron chi connectivity index (χ1n) is 12.5. The van der Waals surface area contributed by atoms with Crippen molar-refractivity contribution >= 4 is 43.6 Å². The maximum atomic E-state index is 9.99. The van der Waals surface area contributed by atoms with E-state index in [9.17, 15) is 21.0 Å². The second-order valence-electron chi connectivity index (χ2n) is 9.48. The Bertz CT molecular complexity index is 2310. The van der Waals surface area contributed by atoms with Gasteiger partial charge in [-0.05, 0) is 54.6 Å². The number of hydrogen-bond donors (Lipinski definition) is 0. The Morgan fingerprint density at radius 3 is 1.48 bits per heavy atom. The smallest absolute Gasteiger partial charge is 0.101 e. The van der Waals surface area contributed by atoms with Crippen LogP contribution in [0.3, 0.4) is 0 Å². The monoisotopic (exact) mass is 508 g/mol. The van der Waals surface area contributed by atoms with Gasteiger partial charge in [-0.1, -0.05) is 42.5 Å². The predicted octanol–water partition coefficient (Wildman–Crippen LogP) is 7.37. The van der Waals surface area contributed by atoms with Crippen LogP contribution in [0, 0.1) is 45.3 Å². The summed E-state index contributed by atoms with van der Waals surface area (Å²) >= 11 is 0. The maximum absolute atomic E-state index is 9.99. The van der Waals surface area contributed by atoms with Crippen LogP contribution in [0.25, 0.3) is 55.0 Å². The number of benzene rings is 5. The summed E-state index contributed by atoms with van der Waals surface area (Å²) in [6.45, 7) is 0. The predicted molar refractivity (Wildman–Crippen MR) is 154 cm³/mol. The molecule has 6 heteroatoms. The molecule has 0 aliphatic heterocycles. The van der Waals surface area contributed by atoms with Gasteiger partial charge in [-0.15, -0.1) is 0 Å². The van der Waals surface area contributed by atoms with Gasteiger partial charge in [0, 0.05) is 27.2 Å². The lowest BCUT2D eigenvalue weighted by molar-refractivity contribution is 1.15. The van der Waals surface area contributed by atoms with Crippen LogP contribution >= 0.6 is 0 Å². The Morgan fingerprint density at radius 2 is 0.950 bits per heavy atom. The molecule has 0 spiro atoms. The molecule has 0 saturated heterocycles. The average Bonchev–Trinajstić information content (AvgIpc) is 3.52. The Hall–Kier alpha value is -6.34. The number of nitriles is 4. The fourth-order valence-corrected chi connectivity index (χ4v) is 5.87. The van der Waals surface area contributed by atoms with E-state index in [0.29, 0.717) is 27.9 Å². The lowest BCUT2D eigenvalue weighted by atomic mass is 10.1. The van der Waals surface area contributed by atoms with Crippen molar-refractivity contribution in [3.05, 3.63) is 119 Å². The van der Waals surface area contributed by atoms with Crippen LogP contribution in [0.15, 0.2) is 97.1 Å². The molecular weight excluding hydrogens is 492 g/mol. The zero-order valence-electron chi connectivity index (χ0n) is 20.9. The molecule has 182 valence electrons. The minimum Gasteiger partial charge on any atom is -0.309 e. The number of para-hydroxylation sites is 3. The molecular formula is C34H16N6. The number of nitrogens with zero attached hydrogens (tertiary/aromatic N) is 6. The van der Waals surface area contributed by atoms with Crippen molar-refractivity contribution in [1.29, 1.82) is 21.0 Å². The molecule has 0 unspecified atom stereocenters. The first-order valence-corrected chi connectivity index (χ1v) is 12.5. The Kier molecular flexibility index (Phi) is 4.91. The molecule has 2 aromatic heterocycles. The standard InChI is InChI=1S/C34H16N6/c35-17-21-14-22(18-36)16-25(15-21)39-28-10-3-1-8-26(28)32-30(39)12-13-31-33(32)27-9-2-4-11-29(27)40(31)34-23(19-37)6-5-7-24(34)20-38/h1-16H. The third-order valence-corrected chi connectivity index (χ3v) is 7.41. The fourth-order valence-electron chi connectivity index (χ4n) is 5.87. The normalized spacial score (nSPS) is 10.9. The van der Waals surface area contributed by atoms with E-state index in [1.54, 1.807) is 36.4 Å². The van der Waals surface area contributed by atoms with Gasteiger partial charge in [0.25, 0.3) is 0 Å². The molecule has 0 aliphatic carbocycles. The Morgan fingerprint density at radius 1 is 0.450 bits per heavy atom. The van der Waals surface area contributed by atoms with E-state index in [4.69, 9.17) is 0 Å². The van der Waals surface area contributed by atoms with Crippen LogP contribution in [0.4, 0.5) is 0 Å². The molecule has 2 heterocycles. The lowest BCUT2D eigenvalue weighted by Gasteiger charge is -2.12. The van der Waals surface area contributed by atoms with Gasteiger partial charge in [-0.25, -0.2) is 0 Å². The third-order valence-electron chi connectivity index (χ3n) is 7.41. The molecule has 0 atom stereocenters. The second-order valence-corrected chi connectivity index (χ2v) is 9.48. The van der Waals surface area contributed by atoms with Gasteiger partial charge in [-0.3, -0.25) is 0 Å². The molecule has 0 bridgehead atoms. The molecule has 5 aromatic carbocycles. The highest BCUT2D eigenvalue weighted by molar-refractivity contribution is 6.29. The summed E-state index contributed by atoms with van der Waals surface area (Å²) in [6.07, 6.45) is 0. The molecule has 0 saturated carbocycles. The van der Waals surface area contributed by atoms with Gasteiger partial charge in [-0.2, -0.15) is 21.0 Å². The van der Waals surface area contributed by atoms with Gasteiger partial charge >= 0.3 is 0 Å². The Balaban J connectivity index is 1.71.